The number of aromatic nitrogens is 3. The van der Waals surface area contributed by atoms with Crippen LogP contribution in [0.5, 0.6) is 0 Å². The van der Waals surface area contributed by atoms with E-state index in [0.29, 0.717) is 33.6 Å². The lowest BCUT2D eigenvalue weighted by Crippen LogP contribution is -2.42. The third-order valence-electron chi connectivity index (χ3n) is 4.30. The topological polar surface area (TPSA) is 51.8 Å². The summed E-state index contributed by atoms with van der Waals surface area (Å²) in [6, 6.07) is 1.78. The first-order chi connectivity index (χ1) is 11.5. The zero-order valence-corrected chi connectivity index (χ0v) is 15.6. The molecule has 9 heteroatoms. The Morgan fingerprint density at radius 1 is 1.46 bits per heavy atom. The Balaban J connectivity index is 1.87. The maximum atomic E-state index is 11.6. The van der Waals surface area contributed by atoms with Crippen molar-refractivity contribution in [1.29, 1.82) is 0 Å². The van der Waals surface area contributed by atoms with E-state index >= 15 is 0 Å². The van der Waals surface area contributed by atoms with Crippen molar-refractivity contribution in [3.63, 3.8) is 0 Å². The molecular weight excluding hydrogens is 371 g/mol. The van der Waals surface area contributed by atoms with Crippen molar-refractivity contribution >= 4 is 47.0 Å². The lowest BCUT2D eigenvalue weighted by Gasteiger charge is -2.34. The Bertz CT molecular complexity index is 820. The molecule has 0 amide bonds. The molecule has 3 heterocycles. The van der Waals surface area contributed by atoms with Gasteiger partial charge in [-0.15, -0.1) is 5.10 Å². The van der Waals surface area contributed by atoms with Gasteiger partial charge in [-0.05, 0) is 31.1 Å². The average molecular weight is 389 g/mol. The van der Waals surface area contributed by atoms with Crippen molar-refractivity contribution in [3.8, 4) is 0 Å². The van der Waals surface area contributed by atoms with Gasteiger partial charge in [0.05, 0.1) is 30.2 Å². The normalized spacial score (nSPS) is 18.9. The number of likely N-dealkylation sites (tertiary alicyclic amines) is 1. The number of piperidine rings is 1. The van der Waals surface area contributed by atoms with E-state index in [1.54, 1.807) is 21.3 Å². The summed E-state index contributed by atoms with van der Waals surface area (Å²) in [5.74, 6) is -0.194. The van der Waals surface area contributed by atoms with E-state index in [9.17, 15) is 4.79 Å². The fourth-order valence-electron chi connectivity index (χ4n) is 3.06. The van der Waals surface area contributed by atoms with Crippen LogP contribution in [0, 0.1) is 4.77 Å². The predicted molar refractivity (Wildman–Crippen MR) is 95.0 cm³/mol. The van der Waals surface area contributed by atoms with Crippen molar-refractivity contribution in [2.75, 3.05) is 13.7 Å². The molecule has 1 saturated heterocycles. The highest BCUT2D eigenvalue weighted by Gasteiger charge is 2.26. The zero-order chi connectivity index (χ0) is 17.3. The predicted octanol–water partition coefficient (Wildman–Crippen LogP) is 3.55. The van der Waals surface area contributed by atoms with Crippen LogP contribution >= 0.6 is 35.4 Å². The number of hydrogen-bond donors (Lipinski definition) is 0. The molecule has 1 atom stereocenters. The van der Waals surface area contributed by atoms with Crippen molar-refractivity contribution in [2.24, 2.45) is 0 Å². The largest absolute Gasteiger partial charge is 0.469 e. The molecule has 1 aliphatic heterocycles. The first-order valence-electron chi connectivity index (χ1n) is 7.74. The molecule has 0 radical (unpaired) electrons. The Morgan fingerprint density at radius 3 is 3.00 bits per heavy atom. The van der Waals surface area contributed by atoms with Gasteiger partial charge >= 0.3 is 5.97 Å². The summed E-state index contributed by atoms with van der Waals surface area (Å²) in [6.45, 7) is 1.40. The molecule has 1 fully saturated rings. The minimum Gasteiger partial charge on any atom is -0.469 e. The third kappa shape index (κ3) is 3.59. The van der Waals surface area contributed by atoms with Gasteiger partial charge < -0.3 is 4.74 Å². The van der Waals surface area contributed by atoms with Crippen LogP contribution in [0.2, 0.25) is 10.0 Å². The summed E-state index contributed by atoms with van der Waals surface area (Å²) in [5.41, 5.74) is 0.576. The van der Waals surface area contributed by atoms with E-state index in [0.717, 1.165) is 25.8 Å². The molecule has 6 nitrogen and oxygen atoms in total. The van der Waals surface area contributed by atoms with Gasteiger partial charge in [0.2, 0.25) is 4.77 Å². The van der Waals surface area contributed by atoms with Gasteiger partial charge in [-0.2, -0.15) is 0 Å². The van der Waals surface area contributed by atoms with Gasteiger partial charge in [0, 0.05) is 18.8 Å². The van der Waals surface area contributed by atoms with Crippen LogP contribution in [0.1, 0.15) is 25.7 Å². The minimum absolute atomic E-state index is 0.136. The van der Waals surface area contributed by atoms with Crippen molar-refractivity contribution < 1.29 is 9.53 Å². The molecular formula is C15H18Cl2N4O2S. The number of carbonyl (C=O) groups is 1. The number of esters is 1. The van der Waals surface area contributed by atoms with Crippen LogP contribution in [-0.2, 0) is 16.2 Å². The smallest absolute Gasteiger partial charge is 0.307 e. The molecule has 1 aliphatic rings. The van der Waals surface area contributed by atoms with E-state index in [1.165, 1.54) is 7.11 Å². The molecule has 0 aliphatic carbocycles. The molecule has 0 saturated carbocycles. The second-order valence-electron chi connectivity index (χ2n) is 5.87. The maximum Gasteiger partial charge on any atom is 0.307 e. The van der Waals surface area contributed by atoms with E-state index in [-0.39, 0.29) is 12.0 Å². The lowest BCUT2D eigenvalue weighted by atomic mass is 10.00. The Kier molecular flexibility index (Phi) is 5.44. The number of hydrogen-bond acceptors (Lipinski definition) is 5. The molecule has 130 valence electrons. The fraction of sp³-hybridized carbons (Fsp3) is 0.533. The number of nitrogens with zero attached hydrogens (tertiary/aromatic N) is 4. The summed E-state index contributed by atoms with van der Waals surface area (Å²) >= 11 is 17.7. The average Bonchev–Trinajstić information content (AvgIpc) is 2.86. The summed E-state index contributed by atoms with van der Waals surface area (Å²) in [7, 11) is 1.42. The summed E-state index contributed by atoms with van der Waals surface area (Å²) in [4.78, 5) is 13.9. The zero-order valence-electron chi connectivity index (χ0n) is 13.2. The highest BCUT2D eigenvalue weighted by atomic mass is 35.5. The van der Waals surface area contributed by atoms with E-state index in [1.807, 2.05) is 0 Å². The molecule has 2 aromatic heterocycles. The highest BCUT2D eigenvalue weighted by molar-refractivity contribution is 7.71. The Labute approximate surface area is 154 Å². The van der Waals surface area contributed by atoms with Crippen molar-refractivity contribution in [2.45, 2.75) is 38.4 Å². The Hall–Kier alpha value is -1.15. The molecule has 24 heavy (non-hydrogen) atoms. The lowest BCUT2D eigenvalue weighted by molar-refractivity contribution is -0.142. The minimum atomic E-state index is -0.194. The van der Waals surface area contributed by atoms with Gasteiger partial charge in [-0.1, -0.05) is 29.6 Å². The summed E-state index contributed by atoms with van der Waals surface area (Å²) < 4.78 is 8.76. The van der Waals surface area contributed by atoms with E-state index in [2.05, 4.69) is 10.00 Å². The molecule has 0 aromatic carbocycles. The molecule has 0 bridgehead atoms. The number of rotatable bonds is 4. The number of pyridine rings is 1. The van der Waals surface area contributed by atoms with Crippen molar-refractivity contribution in [3.05, 3.63) is 27.1 Å². The number of ether oxygens (including phenoxy) is 1. The van der Waals surface area contributed by atoms with Crippen LogP contribution in [0.15, 0.2) is 12.3 Å². The molecule has 3 rings (SSSR count). The van der Waals surface area contributed by atoms with Crippen LogP contribution < -0.4 is 0 Å². The second kappa shape index (κ2) is 7.39. The molecule has 0 spiro atoms. The quantitative estimate of drug-likeness (QED) is 0.591. The first kappa shape index (κ1) is 17.7. The van der Waals surface area contributed by atoms with Crippen molar-refractivity contribution in [1.82, 2.24) is 19.1 Å². The van der Waals surface area contributed by atoms with Gasteiger partial charge in [0.1, 0.15) is 0 Å². The molecule has 2 aromatic rings. The van der Waals surface area contributed by atoms with Gasteiger partial charge in [-0.25, -0.2) is 4.68 Å². The first-order valence-corrected chi connectivity index (χ1v) is 8.91. The van der Waals surface area contributed by atoms with Gasteiger partial charge in [-0.3, -0.25) is 14.1 Å². The van der Waals surface area contributed by atoms with Crippen LogP contribution in [0.3, 0.4) is 0 Å². The fourth-order valence-corrected chi connectivity index (χ4v) is 3.81. The summed E-state index contributed by atoms with van der Waals surface area (Å²) in [5, 5.41) is 5.47. The molecule has 0 unspecified atom stereocenters. The Morgan fingerprint density at radius 2 is 2.25 bits per heavy atom. The SMILES string of the molecule is COC(=O)C[C@H]1CCCCN1Cn1nc2c(Cl)cc(Cl)cn2c1=S. The number of methoxy groups -OCH3 is 1. The van der Waals surface area contributed by atoms with Gasteiger partial charge in [0.25, 0.3) is 0 Å². The number of carbonyl (C=O) groups excluding carboxylic acids is 1. The standard InChI is InChI=1S/C15H18Cl2N4O2S/c1-23-13(22)7-11-4-2-3-5-19(11)9-21-15(24)20-8-10(16)6-12(17)14(20)18-21/h6,8,11H,2-5,7,9H2,1H3/t11-/m1/s1. The third-order valence-corrected chi connectivity index (χ3v) is 5.19. The van der Waals surface area contributed by atoms with Crippen LogP contribution in [-0.4, -0.2) is 44.7 Å². The van der Waals surface area contributed by atoms with Crippen LogP contribution in [0.25, 0.3) is 5.65 Å². The van der Waals surface area contributed by atoms with Crippen LogP contribution in [0.4, 0.5) is 0 Å². The van der Waals surface area contributed by atoms with E-state index < -0.39 is 0 Å². The molecule has 0 N–H and O–H groups in total. The highest BCUT2D eigenvalue weighted by Crippen LogP contribution is 2.23. The monoisotopic (exact) mass is 388 g/mol. The van der Waals surface area contributed by atoms with E-state index in [4.69, 9.17) is 40.2 Å². The van der Waals surface area contributed by atoms with Gasteiger partial charge in [0.15, 0.2) is 5.65 Å². The maximum absolute atomic E-state index is 11.6. The number of halogens is 2. The second-order valence-corrected chi connectivity index (χ2v) is 7.07. The number of fused-ring (bicyclic) bond motifs is 1. The summed E-state index contributed by atoms with van der Waals surface area (Å²) in [6.07, 6.45) is 5.24.